The molecule has 2 heterocycles. The Morgan fingerprint density at radius 2 is 1.56 bits per heavy atom. The number of hydrogen-bond acceptors (Lipinski definition) is 5. The van der Waals surface area contributed by atoms with Gasteiger partial charge in [-0.1, -0.05) is 18.2 Å². The molecule has 0 atom stereocenters. The molecular formula is C24H18F3N5O4. The number of carbonyl (C=O) groups excluding carboxylic acids is 2. The Hall–Kier alpha value is -4.74. The molecule has 36 heavy (non-hydrogen) atoms. The van der Waals surface area contributed by atoms with E-state index in [1.807, 2.05) is 0 Å². The minimum atomic E-state index is -1.07. The van der Waals surface area contributed by atoms with E-state index in [0.29, 0.717) is 11.1 Å². The highest BCUT2D eigenvalue weighted by molar-refractivity contribution is 5.98. The average molecular weight is 497 g/mol. The number of carbonyl (C=O) groups is 3. The highest BCUT2D eigenvalue weighted by Crippen LogP contribution is 2.14. The monoisotopic (exact) mass is 497 g/mol. The molecule has 184 valence electrons. The maximum absolute atomic E-state index is 14.2. The van der Waals surface area contributed by atoms with E-state index in [0.717, 1.165) is 28.9 Å². The molecule has 3 N–H and O–H groups in total. The van der Waals surface area contributed by atoms with Gasteiger partial charge in [0.1, 0.15) is 11.4 Å². The number of halogens is 3. The Bertz CT molecular complexity index is 1520. The normalized spacial score (nSPS) is 10.9. The van der Waals surface area contributed by atoms with Crippen molar-refractivity contribution < 1.29 is 32.7 Å². The van der Waals surface area contributed by atoms with Crippen LogP contribution in [-0.2, 0) is 13.1 Å². The van der Waals surface area contributed by atoms with E-state index in [4.69, 9.17) is 5.11 Å². The number of aromatic nitrogens is 3. The number of amides is 2. The van der Waals surface area contributed by atoms with Crippen LogP contribution in [0, 0.1) is 24.4 Å². The quantitative estimate of drug-likeness (QED) is 0.361. The van der Waals surface area contributed by atoms with Crippen LogP contribution in [0.25, 0.3) is 5.65 Å². The summed E-state index contributed by atoms with van der Waals surface area (Å²) >= 11 is 0. The molecular weight excluding hydrogens is 479 g/mol. The van der Waals surface area contributed by atoms with Gasteiger partial charge in [-0.05, 0) is 41.8 Å². The summed E-state index contributed by atoms with van der Waals surface area (Å²) in [7, 11) is 0. The number of nitrogens with one attached hydrogen (secondary N) is 2. The topological polar surface area (TPSA) is 126 Å². The van der Waals surface area contributed by atoms with Crippen LogP contribution in [0.4, 0.5) is 13.2 Å². The fourth-order valence-electron chi connectivity index (χ4n) is 3.49. The van der Waals surface area contributed by atoms with Crippen molar-refractivity contribution in [2.75, 3.05) is 0 Å². The van der Waals surface area contributed by atoms with E-state index in [1.165, 1.54) is 12.1 Å². The first-order chi connectivity index (χ1) is 17.1. The minimum absolute atomic E-state index is 0.0187. The minimum Gasteiger partial charge on any atom is -0.478 e. The molecule has 12 heteroatoms. The summed E-state index contributed by atoms with van der Waals surface area (Å²) in [6, 6.07) is 8.82. The molecule has 2 aromatic heterocycles. The second-order valence-corrected chi connectivity index (χ2v) is 7.82. The van der Waals surface area contributed by atoms with Crippen molar-refractivity contribution in [1.29, 1.82) is 0 Å². The summed E-state index contributed by atoms with van der Waals surface area (Å²) in [6.45, 7) is 1.47. The number of carboxylic acids is 1. The Morgan fingerprint density at radius 1 is 0.889 bits per heavy atom. The molecule has 0 aliphatic heterocycles. The molecule has 0 unspecified atom stereocenters. The highest BCUT2D eigenvalue weighted by atomic mass is 19.2. The van der Waals surface area contributed by atoms with Gasteiger partial charge in [-0.3, -0.25) is 9.59 Å². The Kier molecular flexibility index (Phi) is 6.68. The van der Waals surface area contributed by atoms with E-state index in [9.17, 15) is 27.6 Å². The number of benzene rings is 2. The van der Waals surface area contributed by atoms with Crippen molar-refractivity contribution >= 4 is 23.4 Å². The van der Waals surface area contributed by atoms with E-state index < -0.39 is 35.2 Å². The second kappa shape index (κ2) is 9.86. The van der Waals surface area contributed by atoms with Crippen LogP contribution in [0.1, 0.15) is 48.0 Å². The molecule has 0 aliphatic rings. The number of rotatable bonds is 7. The SMILES string of the molecule is Cc1cc(CNC(=O)c2cc(C(=O)NCc3ccc(F)c(F)c3)nc3c(F)cnn23)ccc1C(=O)O. The molecule has 2 aromatic carbocycles. The van der Waals surface area contributed by atoms with E-state index in [2.05, 4.69) is 20.7 Å². The summed E-state index contributed by atoms with van der Waals surface area (Å²) < 4.78 is 41.7. The third-order valence-corrected chi connectivity index (χ3v) is 5.31. The number of fused-ring (bicyclic) bond motifs is 1. The van der Waals surface area contributed by atoms with Gasteiger partial charge in [-0.2, -0.15) is 5.10 Å². The van der Waals surface area contributed by atoms with Gasteiger partial charge in [-0.25, -0.2) is 27.5 Å². The molecule has 2 amide bonds. The molecule has 0 fully saturated rings. The first-order valence-corrected chi connectivity index (χ1v) is 10.5. The van der Waals surface area contributed by atoms with E-state index in [1.54, 1.807) is 19.1 Å². The summed E-state index contributed by atoms with van der Waals surface area (Å²) in [4.78, 5) is 40.6. The lowest BCUT2D eigenvalue weighted by atomic mass is 10.1. The maximum atomic E-state index is 14.2. The second-order valence-electron chi connectivity index (χ2n) is 7.82. The molecule has 9 nitrogen and oxygen atoms in total. The smallest absolute Gasteiger partial charge is 0.335 e. The van der Waals surface area contributed by atoms with Crippen LogP contribution < -0.4 is 10.6 Å². The average Bonchev–Trinajstić information content (AvgIpc) is 3.22. The summed E-state index contributed by atoms with van der Waals surface area (Å²) in [5.41, 5.74) is 0.703. The van der Waals surface area contributed by atoms with Gasteiger partial charge >= 0.3 is 5.97 Å². The summed E-state index contributed by atoms with van der Waals surface area (Å²) in [5.74, 6) is -5.51. The van der Waals surface area contributed by atoms with Gasteiger partial charge in [0.15, 0.2) is 23.1 Å². The zero-order valence-electron chi connectivity index (χ0n) is 18.7. The van der Waals surface area contributed by atoms with Gasteiger partial charge in [0.2, 0.25) is 0 Å². The first-order valence-electron chi connectivity index (χ1n) is 10.5. The Balaban J connectivity index is 1.54. The third kappa shape index (κ3) is 5.02. The summed E-state index contributed by atoms with van der Waals surface area (Å²) in [6.07, 6.45) is 0.843. The molecule has 0 radical (unpaired) electrons. The van der Waals surface area contributed by atoms with Gasteiger partial charge in [-0.15, -0.1) is 0 Å². The van der Waals surface area contributed by atoms with Crippen LogP contribution in [0.5, 0.6) is 0 Å². The molecule has 4 aromatic rings. The Labute approximate surface area is 201 Å². The fraction of sp³-hybridized carbons (Fsp3) is 0.125. The molecule has 4 rings (SSSR count). The zero-order valence-corrected chi connectivity index (χ0v) is 18.7. The van der Waals surface area contributed by atoms with Crippen molar-refractivity contribution in [3.63, 3.8) is 0 Å². The largest absolute Gasteiger partial charge is 0.478 e. The molecule has 0 saturated heterocycles. The van der Waals surface area contributed by atoms with Crippen LogP contribution in [-0.4, -0.2) is 37.5 Å². The number of hydrogen-bond donors (Lipinski definition) is 3. The number of aromatic carboxylic acids is 1. The Morgan fingerprint density at radius 3 is 2.22 bits per heavy atom. The van der Waals surface area contributed by atoms with Crippen LogP contribution >= 0.6 is 0 Å². The van der Waals surface area contributed by atoms with Gasteiger partial charge < -0.3 is 15.7 Å². The predicted molar refractivity (Wildman–Crippen MR) is 120 cm³/mol. The number of nitrogens with zero attached hydrogens (tertiary/aromatic N) is 3. The van der Waals surface area contributed by atoms with Crippen LogP contribution in [0.2, 0.25) is 0 Å². The van der Waals surface area contributed by atoms with Crippen LogP contribution in [0.15, 0.2) is 48.7 Å². The van der Waals surface area contributed by atoms with E-state index >= 15 is 0 Å². The van der Waals surface area contributed by atoms with Crippen molar-refractivity contribution in [3.05, 3.63) is 99.8 Å². The highest BCUT2D eigenvalue weighted by Gasteiger charge is 2.20. The van der Waals surface area contributed by atoms with Gasteiger partial charge in [0, 0.05) is 19.2 Å². The van der Waals surface area contributed by atoms with Crippen molar-refractivity contribution in [1.82, 2.24) is 25.2 Å². The molecule has 0 aliphatic carbocycles. The van der Waals surface area contributed by atoms with Crippen LogP contribution in [0.3, 0.4) is 0 Å². The summed E-state index contributed by atoms with van der Waals surface area (Å²) in [5, 5.41) is 18.0. The van der Waals surface area contributed by atoms with Gasteiger partial charge in [0.25, 0.3) is 11.8 Å². The standard InChI is InChI=1S/C24H18F3N5O4/c1-12-6-13(2-4-15(12)24(35)36)9-29-23(34)20-8-19(31-21-18(27)11-30-32(20)21)22(33)28-10-14-3-5-16(25)17(26)7-14/h2-8,11H,9-10H2,1H3,(H,28,33)(H,29,34)(H,35,36). The van der Waals surface area contributed by atoms with Crippen molar-refractivity contribution in [3.8, 4) is 0 Å². The first kappa shape index (κ1) is 24.4. The third-order valence-electron chi connectivity index (χ3n) is 5.31. The number of carboxylic acid groups (broad SMARTS) is 1. The van der Waals surface area contributed by atoms with Crippen molar-refractivity contribution in [2.24, 2.45) is 0 Å². The molecule has 0 bridgehead atoms. The molecule has 0 saturated carbocycles. The maximum Gasteiger partial charge on any atom is 0.335 e. The lowest BCUT2D eigenvalue weighted by Crippen LogP contribution is -2.28. The van der Waals surface area contributed by atoms with Gasteiger partial charge in [0.05, 0.1) is 11.8 Å². The lowest BCUT2D eigenvalue weighted by molar-refractivity contribution is 0.0695. The predicted octanol–water partition coefficient (Wildman–Crippen LogP) is 3.01. The van der Waals surface area contributed by atoms with Crippen molar-refractivity contribution in [2.45, 2.75) is 20.0 Å². The zero-order chi connectivity index (χ0) is 26.0. The molecule has 0 spiro atoms. The fourth-order valence-corrected chi connectivity index (χ4v) is 3.49. The van der Waals surface area contributed by atoms with E-state index in [-0.39, 0.29) is 41.3 Å². The number of aryl methyl sites for hydroxylation is 1. The lowest BCUT2D eigenvalue weighted by Gasteiger charge is -2.11.